The first-order valence-electron chi connectivity index (χ1n) is 7.89. The zero-order chi connectivity index (χ0) is 17.0. The number of hydrogen-bond donors (Lipinski definition) is 2. The number of amides is 2. The molecule has 0 saturated heterocycles. The van der Waals surface area contributed by atoms with Gasteiger partial charge in [-0.15, -0.1) is 0 Å². The fraction of sp³-hybridized carbons (Fsp3) is 0.529. The topological polar surface area (TPSA) is 61.4 Å². The molecule has 2 N–H and O–H groups in total. The van der Waals surface area contributed by atoms with Gasteiger partial charge in [0.15, 0.2) is 0 Å². The Morgan fingerprint density at radius 3 is 2.57 bits per heavy atom. The molecule has 1 aromatic carbocycles. The molecule has 6 heteroatoms. The van der Waals surface area contributed by atoms with Gasteiger partial charge in [0.2, 0.25) is 11.8 Å². The summed E-state index contributed by atoms with van der Waals surface area (Å²) in [6.45, 7) is 4.39. The van der Waals surface area contributed by atoms with Crippen molar-refractivity contribution >= 4 is 33.4 Å². The van der Waals surface area contributed by atoms with Crippen LogP contribution in [0.4, 0.5) is 5.69 Å². The summed E-state index contributed by atoms with van der Waals surface area (Å²) >= 11 is 3.40. The molecule has 1 saturated carbocycles. The molecule has 1 aromatic rings. The molecule has 1 atom stereocenters. The van der Waals surface area contributed by atoms with Crippen LogP contribution in [0.3, 0.4) is 0 Å². The van der Waals surface area contributed by atoms with E-state index in [2.05, 4.69) is 26.6 Å². The van der Waals surface area contributed by atoms with Crippen molar-refractivity contribution in [3.8, 4) is 0 Å². The molecule has 126 valence electrons. The monoisotopic (exact) mass is 381 g/mol. The fourth-order valence-corrected chi connectivity index (χ4v) is 2.99. The van der Waals surface area contributed by atoms with E-state index < -0.39 is 0 Å². The largest absolute Gasteiger partial charge is 0.352 e. The lowest BCUT2D eigenvalue weighted by Gasteiger charge is -2.18. The molecule has 5 nitrogen and oxygen atoms in total. The molecule has 0 spiro atoms. The molecule has 0 heterocycles. The van der Waals surface area contributed by atoms with E-state index in [9.17, 15) is 9.59 Å². The van der Waals surface area contributed by atoms with Crippen LogP contribution < -0.4 is 10.6 Å². The van der Waals surface area contributed by atoms with Gasteiger partial charge in [-0.2, -0.15) is 0 Å². The normalized spacial score (nSPS) is 15.3. The first-order valence-corrected chi connectivity index (χ1v) is 8.68. The summed E-state index contributed by atoms with van der Waals surface area (Å²) in [6, 6.07) is 5.93. The predicted molar refractivity (Wildman–Crippen MR) is 95.3 cm³/mol. The van der Waals surface area contributed by atoms with Crippen molar-refractivity contribution < 1.29 is 9.59 Å². The maximum atomic E-state index is 12.1. The van der Waals surface area contributed by atoms with Crippen LogP contribution in [0.15, 0.2) is 22.7 Å². The quantitative estimate of drug-likeness (QED) is 0.762. The highest BCUT2D eigenvalue weighted by molar-refractivity contribution is 9.10. The molecular weight excluding hydrogens is 358 g/mol. The van der Waals surface area contributed by atoms with Crippen LogP contribution in [0.1, 0.15) is 25.3 Å². The van der Waals surface area contributed by atoms with E-state index in [1.165, 1.54) is 12.8 Å². The third-order valence-corrected chi connectivity index (χ3v) is 4.50. The summed E-state index contributed by atoms with van der Waals surface area (Å²) in [5.41, 5.74) is 1.78. The minimum Gasteiger partial charge on any atom is -0.352 e. The number of aryl methyl sites for hydroxylation is 1. The maximum absolute atomic E-state index is 12.1. The SMILES string of the molecule is Cc1cc(Br)ccc1NC(=O)CN(C)CC(=O)N[C@@H](C)C1CC1. The van der Waals surface area contributed by atoms with E-state index in [0.29, 0.717) is 5.92 Å². The van der Waals surface area contributed by atoms with Crippen molar-refractivity contribution in [2.24, 2.45) is 5.92 Å². The van der Waals surface area contributed by atoms with Gasteiger partial charge in [-0.25, -0.2) is 0 Å². The van der Waals surface area contributed by atoms with Crippen molar-refractivity contribution in [3.05, 3.63) is 28.2 Å². The highest BCUT2D eigenvalue weighted by atomic mass is 79.9. The van der Waals surface area contributed by atoms with Crippen LogP contribution in [0, 0.1) is 12.8 Å². The molecular formula is C17H24BrN3O2. The van der Waals surface area contributed by atoms with Gasteiger partial charge in [-0.05, 0) is 63.4 Å². The Morgan fingerprint density at radius 2 is 1.96 bits per heavy atom. The molecule has 2 amide bonds. The average molecular weight is 382 g/mol. The van der Waals surface area contributed by atoms with Crippen LogP contribution in [0.5, 0.6) is 0 Å². The number of carbonyl (C=O) groups is 2. The van der Waals surface area contributed by atoms with E-state index in [1.807, 2.05) is 32.0 Å². The summed E-state index contributed by atoms with van der Waals surface area (Å²) in [6.07, 6.45) is 2.40. The molecule has 0 bridgehead atoms. The molecule has 23 heavy (non-hydrogen) atoms. The van der Waals surface area contributed by atoms with Crippen LogP contribution in [0.2, 0.25) is 0 Å². The average Bonchev–Trinajstić information content (AvgIpc) is 3.25. The van der Waals surface area contributed by atoms with Crippen molar-refractivity contribution in [2.75, 3.05) is 25.5 Å². The van der Waals surface area contributed by atoms with Gasteiger partial charge in [-0.3, -0.25) is 14.5 Å². The summed E-state index contributed by atoms with van der Waals surface area (Å²) in [5.74, 6) is 0.480. The maximum Gasteiger partial charge on any atom is 0.238 e. The van der Waals surface area contributed by atoms with Gasteiger partial charge >= 0.3 is 0 Å². The van der Waals surface area contributed by atoms with Crippen molar-refractivity contribution in [1.29, 1.82) is 0 Å². The molecule has 2 rings (SSSR count). The number of rotatable bonds is 7. The lowest BCUT2D eigenvalue weighted by atomic mass is 10.2. The van der Waals surface area contributed by atoms with Crippen molar-refractivity contribution in [2.45, 2.75) is 32.7 Å². The second kappa shape index (κ2) is 7.93. The van der Waals surface area contributed by atoms with Crippen molar-refractivity contribution in [1.82, 2.24) is 10.2 Å². The van der Waals surface area contributed by atoms with Crippen molar-refractivity contribution in [3.63, 3.8) is 0 Å². The Balaban J connectivity index is 1.76. The second-order valence-corrected chi connectivity index (χ2v) is 7.29. The van der Waals surface area contributed by atoms with E-state index in [1.54, 1.807) is 11.9 Å². The number of carbonyl (C=O) groups excluding carboxylic acids is 2. The number of benzene rings is 1. The number of likely N-dealkylation sites (N-methyl/N-ethyl adjacent to an activating group) is 1. The first-order chi connectivity index (χ1) is 10.8. The summed E-state index contributed by atoms with van der Waals surface area (Å²) in [4.78, 5) is 25.7. The lowest BCUT2D eigenvalue weighted by Crippen LogP contribution is -2.42. The van der Waals surface area contributed by atoms with Gasteiger partial charge in [-0.1, -0.05) is 15.9 Å². The summed E-state index contributed by atoms with van der Waals surface area (Å²) < 4.78 is 0.978. The Bertz CT molecular complexity index is 587. The van der Waals surface area contributed by atoms with E-state index >= 15 is 0 Å². The smallest absolute Gasteiger partial charge is 0.238 e. The van der Waals surface area contributed by atoms with Crippen LogP contribution >= 0.6 is 15.9 Å². The Hall–Kier alpha value is -1.40. The van der Waals surface area contributed by atoms with Crippen LogP contribution in [-0.4, -0.2) is 42.9 Å². The Morgan fingerprint density at radius 1 is 1.30 bits per heavy atom. The third kappa shape index (κ3) is 5.95. The summed E-state index contributed by atoms with van der Waals surface area (Å²) in [5, 5.41) is 5.87. The summed E-state index contributed by atoms with van der Waals surface area (Å²) in [7, 11) is 1.77. The molecule has 0 unspecified atom stereocenters. The van der Waals surface area contributed by atoms with Crippen LogP contribution in [0.25, 0.3) is 0 Å². The minimum atomic E-state index is -0.124. The number of anilines is 1. The van der Waals surface area contributed by atoms with Crippen LogP contribution in [-0.2, 0) is 9.59 Å². The zero-order valence-corrected chi connectivity index (χ0v) is 15.4. The molecule has 1 aliphatic rings. The number of hydrogen-bond acceptors (Lipinski definition) is 3. The first kappa shape index (κ1) is 17.9. The minimum absolute atomic E-state index is 0.0282. The van der Waals surface area contributed by atoms with Gasteiger partial charge in [0, 0.05) is 16.2 Å². The van der Waals surface area contributed by atoms with E-state index in [-0.39, 0.29) is 30.9 Å². The molecule has 1 fully saturated rings. The number of halogens is 1. The molecule has 0 aliphatic heterocycles. The lowest BCUT2D eigenvalue weighted by molar-refractivity contribution is -0.123. The van der Waals surface area contributed by atoms with E-state index in [4.69, 9.17) is 0 Å². The van der Waals surface area contributed by atoms with E-state index in [0.717, 1.165) is 15.7 Å². The molecule has 0 aromatic heterocycles. The molecule has 0 radical (unpaired) electrons. The van der Waals surface area contributed by atoms with Gasteiger partial charge in [0.05, 0.1) is 13.1 Å². The zero-order valence-electron chi connectivity index (χ0n) is 13.9. The Kier molecular flexibility index (Phi) is 6.18. The third-order valence-electron chi connectivity index (χ3n) is 4.01. The standard InChI is InChI=1S/C17H24BrN3O2/c1-11-8-14(18)6-7-15(11)20-17(23)10-21(3)9-16(22)19-12(2)13-4-5-13/h6-8,12-13H,4-5,9-10H2,1-3H3,(H,19,22)(H,20,23)/t12-/m0/s1. The predicted octanol–water partition coefficient (Wildman–Crippen LogP) is 2.54. The second-order valence-electron chi connectivity index (χ2n) is 6.37. The highest BCUT2D eigenvalue weighted by Gasteiger charge is 2.29. The highest BCUT2D eigenvalue weighted by Crippen LogP contribution is 2.32. The number of nitrogens with zero attached hydrogens (tertiary/aromatic N) is 1. The van der Waals surface area contributed by atoms with Gasteiger partial charge in [0.25, 0.3) is 0 Å². The molecule has 1 aliphatic carbocycles. The fourth-order valence-electron chi connectivity index (χ4n) is 2.52. The Labute approximate surface area is 145 Å². The van der Waals surface area contributed by atoms with Gasteiger partial charge < -0.3 is 10.6 Å². The number of nitrogens with one attached hydrogen (secondary N) is 2. The van der Waals surface area contributed by atoms with Gasteiger partial charge in [0.1, 0.15) is 0 Å².